The van der Waals surface area contributed by atoms with E-state index in [1.165, 1.54) is 35.5 Å². The number of thiophene rings is 1. The summed E-state index contributed by atoms with van der Waals surface area (Å²) in [5.41, 5.74) is 0.537. The first-order chi connectivity index (χ1) is 13.0. The Bertz CT molecular complexity index is 840. The van der Waals surface area contributed by atoms with Crippen LogP contribution in [-0.4, -0.2) is 46.0 Å². The number of likely N-dealkylation sites (tertiary alicyclic amines) is 1. The Kier molecular flexibility index (Phi) is 6.38. The first kappa shape index (κ1) is 19.7. The van der Waals surface area contributed by atoms with Crippen LogP contribution in [0.25, 0.3) is 0 Å². The molecule has 27 heavy (non-hydrogen) atoms. The van der Waals surface area contributed by atoms with Gasteiger partial charge in [0, 0.05) is 20.1 Å². The number of benzene rings is 1. The van der Waals surface area contributed by atoms with Gasteiger partial charge in [-0.3, -0.25) is 9.10 Å². The molecule has 1 saturated heterocycles. The van der Waals surface area contributed by atoms with Crippen LogP contribution in [0.15, 0.2) is 46.0 Å². The minimum Gasteiger partial charge on any atom is -0.484 e. The fourth-order valence-corrected chi connectivity index (χ4v) is 5.35. The number of sulfonamides is 1. The lowest BCUT2D eigenvalue weighted by atomic mass is 10.2. The van der Waals surface area contributed by atoms with Gasteiger partial charge in [-0.05, 0) is 48.6 Å². The highest BCUT2D eigenvalue weighted by Gasteiger charge is 2.22. The average molecular weight is 409 g/mol. The highest BCUT2D eigenvalue weighted by Crippen LogP contribution is 2.26. The topological polar surface area (TPSA) is 66.9 Å². The van der Waals surface area contributed by atoms with Crippen molar-refractivity contribution in [1.29, 1.82) is 0 Å². The molecule has 2 heterocycles. The van der Waals surface area contributed by atoms with Crippen LogP contribution in [-0.2, 0) is 14.8 Å². The number of carbonyl (C=O) groups is 1. The van der Waals surface area contributed by atoms with Crippen molar-refractivity contribution in [1.82, 2.24) is 4.90 Å². The largest absolute Gasteiger partial charge is 0.484 e. The normalized spacial score (nSPS) is 15.2. The zero-order chi connectivity index (χ0) is 19.3. The van der Waals surface area contributed by atoms with Gasteiger partial charge >= 0.3 is 0 Å². The van der Waals surface area contributed by atoms with Crippen LogP contribution in [0.5, 0.6) is 5.75 Å². The van der Waals surface area contributed by atoms with Gasteiger partial charge in [0.2, 0.25) is 0 Å². The highest BCUT2D eigenvalue weighted by atomic mass is 32.2. The Morgan fingerprint density at radius 2 is 1.78 bits per heavy atom. The van der Waals surface area contributed by atoms with Gasteiger partial charge in [0.25, 0.3) is 15.9 Å². The Labute approximate surface area is 164 Å². The van der Waals surface area contributed by atoms with Crippen LogP contribution >= 0.6 is 11.3 Å². The number of carbonyl (C=O) groups excluding carboxylic acids is 1. The Balaban J connectivity index is 1.59. The number of hydrogen-bond acceptors (Lipinski definition) is 5. The second-order valence-electron chi connectivity index (χ2n) is 6.48. The molecule has 1 aliphatic heterocycles. The zero-order valence-electron chi connectivity index (χ0n) is 15.3. The van der Waals surface area contributed by atoms with Crippen molar-refractivity contribution >= 4 is 33.0 Å². The lowest BCUT2D eigenvalue weighted by Gasteiger charge is -2.21. The summed E-state index contributed by atoms with van der Waals surface area (Å²) in [6.07, 6.45) is 4.44. The molecule has 1 fully saturated rings. The van der Waals surface area contributed by atoms with Gasteiger partial charge in [0.15, 0.2) is 6.61 Å². The molecule has 0 bridgehead atoms. The Morgan fingerprint density at radius 1 is 1.11 bits per heavy atom. The number of anilines is 1. The van der Waals surface area contributed by atoms with Crippen LogP contribution in [0.3, 0.4) is 0 Å². The summed E-state index contributed by atoms with van der Waals surface area (Å²) in [5.74, 6) is 0.544. The lowest BCUT2D eigenvalue weighted by Crippen LogP contribution is -2.35. The van der Waals surface area contributed by atoms with Gasteiger partial charge in [0.05, 0.1) is 5.69 Å². The maximum atomic E-state index is 12.6. The molecular weight excluding hydrogens is 384 g/mol. The van der Waals surface area contributed by atoms with Crippen molar-refractivity contribution in [2.45, 2.75) is 29.9 Å². The van der Waals surface area contributed by atoms with Crippen molar-refractivity contribution in [2.24, 2.45) is 0 Å². The van der Waals surface area contributed by atoms with Crippen molar-refractivity contribution in [3.63, 3.8) is 0 Å². The molecule has 1 amide bonds. The van der Waals surface area contributed by atoms with E-state index in [9.17, 15) is 13.2 Å². The second-order valence-corrected chi connectivity index (χ2v) is 9.63. The minimum atomic E-state index is -3.56. The molecule has 0 aliphatic carbocycles. The third kappa shape index (κ3) is 4.81. The van der Waals surface area contributed by atoms with E-state index >= 15 is 0 Å². The van der Waals surface area contributed by atoms with E-state index in [1.807, 2.05) is 4.90 Å². The maximum absolute atomic E-state index is 12.6. The summed E-state index contributed by atoms with van der Waals surface area (Å²) in [6.45, 7) is 1.60. The standard InChI is InChI=1S/C19H24N2O4S2/c1-20(27(23,24)19-7-6-14-26-19)16-8-10-17(11-9-16)25-15-18(22)21-12-4-2-3-5-13-21/h6-11,14H,2-5,12-13,15H2,1H3. The predicted molar refractivity (Wildman–Crippen MR) is 107 cm³/mol. The second kappa shape index (κ2) is 8.75. The van der Waals surface area contributed by atoms with E-state index < -0.39 is 10.0 Å². The number of ether oxygens (including phenoxy) is 1. The molecular formula is C19H24N2O4S2. The summed E-state index contributed by atoms with van der Waals surface area (Å²) in [4.78, 5) is 14.1. The molecule has 3 rings (SSSR count). The van der Waals surface area contributed by atoms with E-state index in [4.69, 9.17) is 4.74 Å². The van der Waals surface area contributed by atoms with Crippen molar-refractivity contribution in [3.05, 3.63) is 41.8 Å². The SMILES string of the molecule is CN(c1ccc(OCC(=O)N2CCCCCC2)cc1)S(=O)(=O)c1cccs1. The quantitative estimate of drug-likeness (QED) is 0.735. The smallest absolute Gasteiger partial charge is 0.273 e. The van der Waals surface area contributed by atoms with Crippen LogP contribution in [0.1, 0.15) is 25.7 Å². The summed E-state index contributed by atoms with van der Waals surface area (Å²) >= 11 is 1.19. The third-order valence-corrected chi connectivity index (χ3v) is 7.79. The summed E-state index contributed by atoms with van der Waals surface area (Å²) in [6, 6.07) is 10.0. The van der Waals surface area contributed by atoms with Gasteiger partial charge < -0.3 is 9.64 Å². The lowest BCUT2D eigenvalue weighted by molar-refractivity contribution is -0.133. The number of amides is 1. The van der Waals surface area contributed by atoms with Gasteiger partial charge in [-0.15, -0.1) is 11.3 Å². The van der Waals surface area contributed by atoms with Gasteiger partial charge in [-0.2, -0.15) is 0 Å². The molecule has 1 aliphatic rings. The molecule has 0 radical (unpaired) electrons. The average Bonchev–Trinajstić information content (AvgIpc) is 3.10. The molecule has 1 aromatic heterocycles. The van der Waals surface area contributed by atoms with E-state index in [1.54, 1.807) is 41.8 Å². The zero-order valence-corrected chi connectivity index (χ0v) is 17.0. The van der Waals surface area contributed by atoms with E-state index in [2.05, 4.69) is 0 Å². The molecule has 0 atom stereocenters. The Morgan fingerprint density at radius 3 is 2.37 bits per heavy atom. The van der Waals surface area contributed by atoms with Crippen LogP contribution in [0.4, 0.5) is 5.69 Å². The molecule has 146 valence electrons. The number of nitrogens with zero attached hydrogens (tertiary/aromatic N) is 2. The van der Waals surface area contributed by atoms with E-state index in [0.29, 0.717) is 15.6 Å². The minimum absolute atomic E-state index is 0.00151. The van der Waals surface area contributed by atoms with Crippen molar-refractivity contribution in [2.75, 3.05) is 31.0 Å². The molecule has 1 aromatic carbocycles. The van der Waals surface area contributed by atoms with Gasteiger partial charge in [-0.1, -0.05) is 18.9 Å². The summed E-state index contributed by atoms with van der Waals surface area (Å²) < 4.78 is 32.2. The highest BCUT2D eigenvalue weighted by molar-refractivity contribution is 7.94. The molecule has 0 saturated carbocycles. The number of rotatable bonds is 6. The van der Waals surface area contributed by atoms with Crippen LogP contribution < -0.4 is 9.04 Å². The van der Waals surface area contributed by atoms with Crippen LogP contribution in [0.2, 0.25) is 0 Å². The first-order valence-corrected chi connectivity index (χ1v) is 11.3. The molecule has 0 N–H and O–H groups in total. The van der Waals surface area contributed by atoms with Crippen molar-refractivity contribution < 1.29 is 17.9 Å². The van der Waals surface area contributed by atoms with Gasteiger partial charge in [-0.25, -0.2) is 8.42 Å². The predicted octanol–water partition coefficient (Wildman–Crippen LogP) is 3.35. The third-order valence-electron chi connectivity index (χ3n) is 4.63. The Hall–Kier alpha value is -2.06. The molecule has 6 nitrogen and oxygen atoms in total. The fourth-order valence-electron chi connectivity index (χ4n) is 2.99. The molecule has 2 aromatic rings. The molecule has 8 heteroatoms. The fraction of sp³-hybridized carbons (Fsp3) is 0.421. The van der Waals surface area contributed by atoms with Gasteiger partial charge in [0.1, 0.15) is 9.96 Å². The van der Waals surface area contributed by atoms with Crippen molar-refractivity contribution in [3.8, 4) is 5.75 Å². The summed E-state index contributed by atoms with van der Waals surface area (Å²) in [7, 11) is -2.03. The summed E-state index contributed by atoms with van der Waals surface area (Å²) in [5, 5.41) is 1.74. The first-order valence-electron chi connectivity index (χ1n) is 9.01. The van der Waals surface area contributed by atoms with E-state index in [0.717, 1.165) is 25.9 Å². The van der Waals surface area contributed by atoms with E-state index in [-0.39, 0.29) is 12.5 Å². The molecule has 0 unspecified atom stereocenters. The maximum Gasteiger partial charge on any atom is 0.273 e. The van der Waals surface area contributed by atoms with Crippen LogP contribution in [0, 0.1) is 0 Å². The molecule has 0 spiro atoms. The monoisotopic (exact) mass is 408 g/mol. The number of hydrogen-bond donors (Lipinski definition) is 0.